The molecule has 3 saturated heterocycles. The van der Waals surface area contributed by atoms with Gasteiger partial charge in [-0.15, -0.1) is 0 Å². The molecule has 4 rings (SSSR count). The lowest BCUT2D eigenvalue weighted by Crippen LogP contribution is -2.63. The largest absolute Gasteiger partial charge is 0.338 e. The summed E-state index contributed by atoms with van der Waals surface area (Å²) in [7, 11) is 0. The standard InChI is InChI=1S/C22H36N6O/c1-16-13-28(10-9-27(16)14-19-11-23-12-19)22(4)5-7-26(8-6-22)21(29)20-17(2)24-15-25-18(20)3/h15-16,19,23H,5-14H2,1-4H3. The summed E-state index contributed by atoms with van der Waals surface area (Å²) in [6.07, 6.45) is 3.60. The summed E-state index contributed by atoms with van der Waals surface area (Å²) in [5.74, 6) is 0.928. The third-order valence-electron chi connectivity index (χ3n) is 7.46. The van der Waals surface area contributed by atoms with Crippen molar-refractivity contribution >= 4 is 5.91 Å². The Labute approximate surface area is 174 Å². The number of hydrogen-bond acceptors (Lipinski definition) is 6. The Morgan fingerprint density at radius 3 is 2.34 bits per heavy atom. The molecule has 0 spiro atoms. The number of carbonyl (C=O) groups excluding carboxylic acids is 1. The number of amides is 1. The fourth-order valence-corrected chi connectivity index (χ4v) is 5.13. The predicted molar refractivity (Wildman–Crippen MR) is 114 cm³/mol. The molecule has 3 aliphatic heterocycles. The number of nitrogens with zero attached hydrogens (tertiary/aromatic N) is 5. The van der Waals surface area contributed by atoms with Crippen molar-refractivity contribution < 1.29 is 4.79 Å². The topological polar surface area (TPSA) is 64.6 Å². The monoisotopic (exact) mass is 400 g/mol. The summed E-state index contributed by atoms with van der Waals surface area (Å²) >= 11 is 0. The van der Waals surface area contributed by atoms with Crippen LogP contribution in [-0.4, -0.2) is 94.5 Å². The van der Waals surface area contributed by atoms with Crippen molar-refractivity contribution in [1.29, 1.82) is 0 Å². The first kappa shape index (κ1) is 20.7. The van der Waals surface area contributed by atoms with Crippen molar-refractivity contribution in [1.82, 2.24) is 30.0 Å². The van der Waals surface area contributed by atoms with Crippen molar-refractivity contribution in [3.05, 3.63) is 23.3 Å². The molecule has 0 bridgehead atoms. The van der Waals surface area contributed by atoms with Gasteiger partial charge in [-0.05, 0) is 46.5 Å². The average Bonchev–Trinajstić information content (AvgIpc) is 2.66. The Balaban J connectivity index is 1.34. The van der Waals surface area contributed by atoms with Crippen LogP contribution in [0.3, 0.4) is 0 Å². The molecule has 160 valence electrons. The molecule has 29 heavy (non-hydrogen) atoms. The first-order valence-electron chi connectivity index (χ1n) is 11.1. The molecule has 1 N–H and O–H groups in total. The molecule has 7 heteroatoms. The molecular formula is C22H36N6O. The third-order valence-corrected chi connectivity index (χ3v) is 7.46. The maximum atomic E-state index is 13.1. The second kappa shape index (κ2) is 8.28. The van der Waals surface area contributed by atoms with Crippen LogP contribution in [0.2, 0.25) is 0 Å². The predicted octanol–water partition coefficient (Wildman–Crippen LogP) is 1.31. The highest BCUT2D eigenvalue weighted by atomic mass is 16.2. The van der Waals surface area contributed by atoms with E-state index in [-0.39, 0.29) is 11.4 Å². The Hall–Kier alpha value is -1.57. The zero-order valence-electron chi connectivity index (χ0n) is 18.4. The molecule has 3 aliphatic rings. The van der Waals surface area contributed by atoms with Gasteiger partial charge in [0, 0.05) is 63.9 Å². The van der Waals surface area contributed by atoms with E-state index in [2.05, 4.69) is 38.9 Å². The van der Waals surface area contributed by atoms with Crippen molar-refractivity contribution in [2.45, 2.75) is 52.1 Å². The number of carbonyl (C=O) groups is 1. The van der Waals surface area contributed by atoms with E-state index >= 15 is 0 Å². The minimum atomic E-state index is 0.0925. The third kappa shape index (κ3) is 4.18. The minimum absolute atomic E-state index is 0.0925. The van der Waals surface area contributed by atoms with E-state index in [1.807, 2.05) is 18.7 Å². The molecule has 0 saturated carbocycles. The number of aromatic nitrogens is 2. The number of rotatable bonds is 4. The molecule has 1 aromatic heterocycles. The van der Waals surface area contributed by atoms with Crippen LogP contribution in [0.1, 0.15) is 48.4 Å². The smallest absolute Gasteiger partial charge is 0.257 e. The Kier molecular flexibility index (Phi) is 5.91. The average molecular weight is 401 g/mol. The molecule has 7 nitrogen and oxygen atoms in total. The summed E-state index contributed by atoms with van der Waals surface area (Å²) in [4.78, 5) is 28.9. The Morgan fingerprint density at radius 2 is 1.79 bits per heavy atom. The number of nitrogens with one attached hydrogen (secondary N) is 1. The van der Waals surface area contributed by atoms with Crippen LogP contribution in [0, 0.1) is 19.8 Å². The minimum Gasteiger partial charge on any atom is -0.338 e. The zero-order chi connectivity index (χ0) is 20.6. The molecule has 1 atom stereocenters. The molecule has 1 unspecified atom stereocenters. The van der Waals surface area contributed by atoms with Crippen LogP contribution in [0.5, 0.6) is 0 Å². The fraction of sp³-hybridized carbons (Fsp3) is 0.773. The number of aryl methyl sites for hydroxylation is 2. The summed E-state index contributed by atoms with van der Waals surface area (Å²) in [5, 5.41) is 3.39. The van der Waals surface area contributed by atoms with Gasteiger partial charge in [0.15, 0.2) is 0 Å². The van der Waals surface area contributed by atoms with Gasteiger partial charge < -0.3 is 10.2 Å². The quantitative estimate of drug-likeness (QED) is 0.822. The second-order valence-electron chi connectivity index (χ2n) is 9.52. The van der Waals surface area contributed by atoms with Gasteiger partial charge in [-0.1, -0.05) is 0 Å². The van der Waals surface area contributed by atoms with Crippen molar-refractivity contribution in [2.75, 3.05) is 52.4 Å². The van der Waals surface area contributed by atoms with Gasteiger partial charge in [-0.3, -0.25) is 14.6 Å². The lowest BCUT2D eigenvalue weighted by Gasteiger charge is -2.52. The van der Waals surface area contributed by atoms with E-state index in [0.717, 1.165) is 62.9 Å². The summed E-state index contributed by atoms with van der Waals surface area (Å²) in [5.41, 5.74) is 2.43. The van der Waals surface area contributed by atoms with Crippen molar-refractivity contribution in [3.8, 4) is 0 Å². The molecule has 0 aliphatic carbocycles. The molecule has 1 aromatic rings. The van der Waals surface area contributed by atoms with Crippen LogP contribution in [0.25, 0.3) is 0 Å². The number of piperidine rings is 1. The summed E-state index contributed by atoms with van der Waals surface area (Å²) in [6.45, 7) is 17.2. The highest BCUT2D eigenvalue weighted by Gasteiger charge is 2.40. The maximum Gasteiger partial charge on any atom is 0.257 e. The lowest BCUT2D eigenvalue weighted by molar-refractivity contribution is -0.0225. The van der Waals surface area contributed by atoms with E-state index in [0.29, 0.717) is 11.6 Å². The Bertz CT molecular complexity index is 721. The SMILES string of the molecule is Cc1ncnc(C)c1C(=O)N1CCC(C)(N2CCN(CC3CNC3)C(C)C2)CC1. The van der Waals surface area contributed by atoms with Gasteiger partial charge >= 0.3 is 0 Å². The Morgan fingerprint density at radius 1 is 1.14 bits per heavy atom. The van der Waals surface area contributed by atoms with Gasteiger partial charge in [0.05, 0.1) is 17.0 Å². The van der Waals surface area contributed by atoms with E-state index in [1.54, 1.807) is 0 Å². The van der Waals surface area contributed by atoms with Crippen LogP contribution < -0.4 is 5.32 Å². The molecule has 0 radical (unpaired) electrons. The van der Waals surface area contributed by atoms with Gasteiger partial charge in [0.1, 0.15) is 6.33 Å². The molecule has 0 aromatic carbocycles. The van der Waals surface area contributed by atoms with E-state index in [9.17, 15) is 4.79 Å². The number of hydrogen-bond donors (Lipinski definition) is 1. The van der Waals surface area contributed by atoms with Crippen LogP contribution in [0.4, 0.5) is 0 Å². The molecule has 3 fully saturated rings. The molecular weight excluding hydrogens is 364 g/mol. The van der Waals surface area contributed by atoms with Crippen molar-refractivity contribution in [2.24, 2.45) is 5.92 Å². The first-order chi connectivity index (χ1) is 13.9. The number of piperazine rings is 1. The van der Waals surface area contributed by atoms with Gasteiger partial charge in [-0.25, -0.2) is 9.97 Å². The van der Waals surface area contributed by atoms with Crippen molar-refractivity contribution in [3.63, 3.8) is 0 Å². The zero-order valence-corrected chi connectivity index (χ0v) is 18.4. The van der Waals surface area contributed by atoms with E-state index < -0.39 is 0 Å². The van der Waals surface area contributed by atoms with Gasteiger partial charge in [0.2, 0.25) is 0 Å². The fourth-order valence-electron chi connectivity index (χ4n) is 5.13. The van der Waals surface area contributed by atoms with E-state index in [4.69, 9.17) is 0 Å². The summed E-state index contributed by atoms with van der Waals surface area (Å²) in [6, 6.07) is 0.604. The van der Waals surface area contributed by atoms with Gasteiger partial charge in [0.25, 0.3) is 5.91 Å². The molecule has 1 amide bonds. The van der Waals surface area contributed by atoms with Gasteiger partial charge in [-0.2, -0.15) is 0 Å². The summed E-state index contributed by atoms with van der Waals surface area (Å²) < 4.78 is 0. The van der Waals surface area contributed by atoms with Crippen LogP contribution in [0.15, 0.2) is 6.33 Å². The normalized spacial score (nSPS) is 26.3. The van der Waals surface area contributed by atoms with E-state index in [1.165, 1.54) is 26.0 Å². The number of likely N-dealkylation sites (tertiary alicyclic amines) is 1. The lowest BCUT2D eigenvalue weighted by atomic mass is 9.86. The van der Waals surface area contributed by atoms with Crippen LogP contribution >= 0.6 is 0 Å². The maximum absolute atomic E-state index is 13.1. The highest BCUT2D eigenvalue weighted by molar-refractivity contribution is 5.96. The molecule has 4 heterocycles. The van der Waals surface area contributed by atoms with Crippen LogP contribution in [-0.2, 0) is 0 Å². The second-order valence-corrected chi connectivity index (χ2v) is 9.52. The first-order valence-corrected chi connectivity index (χ1v) is 11.1. The highest BCUT2D eigenvalue weighted by Crippen LogP contribution is 2.31.